The molecule has 0 bridgehead atoms. The first kappa shape index (κ1) is 16.7. The minimum Gasteiger partial charge on any atom is -0.317 e. The molecule has 0 radical (unpaired) electrons. The molecular weight excluding hydrogens is 312 g/mol. The van der Waals surface area contributed by atoms with E-state index in [9.17, 15) is 0 Å². The van der Waals surface area contributed by atoms with E-state index in [0.29, 0.717) is 18.0 Å². The van der Waals surface area contributed by atoms with Crippen LogP contribution in [0.25, 0.3) is 0 Å². The van der Waals surface area contributed by atoms with Crippen LogP contribution in [0.2, 0.25) is 0 Å². The van der Waals surface area contributed by atoms with Gasteiger partial charge in [-0.25, -0.2) is 0 Å². The maximum absolute atomic E-state index is 4.44. The number of nitrogens with zero attached hydrogens (tertiary/aromatic N) is 6. The average molecular weight is 340 g/mol. The minimum atomic E-state index is 0.420. The maximum Gasteiger partial charge on any atom is 0.146 e. The van der Waals surface area contributed by atoms with Gasteiger partial charge in [-0.1, -0.05) is 6.07 Å². The summed E-state index contributed by atoms with van der Waals surface area (Å²) >= 11 is 0. The van der Waals surface area contributed by atoms with Gasteiger partial charge in [-0.05, 0) is 44.9 Å². The zero-order valence-electron chi connectivity index (χ0n) is 15.5. The molecule has 1 saturated carbocycles. The van der Waals surface area contributed by atoms with Crippen LogP contribution in [0.5, 0.6) is 0 Å². The third kappa shape index (κ3) is 3.46. The zero-order valence-corrected chi connectivity index (χ0v) is 15.5. The van der Waals surface area contributed by atoms with Gasteiger partial charge in [-0.15, -0.1) is 10.2 Å². The summed E-state index contributed by atoms with van der Waals surface area (Å²) in [6.07, 6.45) is 7.57. The normalized spacial score (nSPS) is 22.6. The van der Waals surface area contributed by atoms with E-state index in [1.807, 2.05) is 18.5 Å². The summed E-state index contributed by atoms with van der Waals surface area (Å²) in [5.74, 6) is 2.91. The molecule has 25 heavy (non-hydrogen) atoms. The number of hydrogen-bond acceptors (Lipinski definition) is 5. The first-order valence-electron chi connectivity index (χ1n) is 9.36. The highest BCUT2D eigenvalue weighted by Gasteiger charge is 2.32. The fourth-order valence-electron chi connectivity index (χ4n) is 3.88. The molecular formula is C19H28N6. The summed E-state index contributed by atoms with van der Waals surface area (Å²) in [4.78, 5) is 9.26. The number of aromatic nitrogens is 4. The molecule has 6 nitrogen and oxygen atoms in total. The Morgan fingerprint density at radius 3 is 2.84 bits per heavy atom. The van der Waals surface area contributed by atoms with Crippen LogP contribution in [0, 0.1) is 0 Å². The average Bonchev–Trinajstić information content (AvgIpc) is 3.24. The van der Waals surface area contributed by atoms with E-state index in [1.54, 1.807) is 0 Å². The zero-order chi connectivity index (χ0) is 17.4. The monoisotopic (exact) mass is 340 g/mol. The van der Waals surface area contributed by atoms with Crippen LogP contribution in [-0.4, -0.2) is 55.7 Å². The lowest BCUT2D eigenvalue weighted by atomic mass is 10.1. The smallest absolute Gasteiger partial charge is 0.146 e. The van der Waals surface area contributed by atoms with Crippen molar-refractivity contribution in [2.24, 2.45) is 7.05 Å². The minimum absolute atomic E-state index is 0.420. The molecule has 1 aliphatic carbocycles. The molecule has 6 heteroatoms. The molecule has 2 aromatic rings. The van der Waals surface area contributed by atoms with Gasteiger partial charge in [-0.3, -0.25) is 14.8 Å². The van der Waals surface area contributed by atoms with E-state index >= 15 is 0 Å². The summed E-state index contributed by atoms with van der Waals surface area (Å²) in [6.45, 7) is 5.39. The number of rotatable bonds is 6. The van der Waals surface area contributed by atoms with Crippen molar-refractivity contribution in [1.82, 2.24) is 29.5 Å². The quantitative estimate of drug-likeness (QED) is 0.808. The Labute approximate surface area is 149 Å². The highest BCUT2D eigenvalue weighted by atomic mass is 15.3. The molecule has 0 spiro atoms. The van der Waals surface area contributed by atoms with Crippen molar-refractivity contribution < 1.29 is 0 Å². The van der Waals surface area contributed by atoms with Crippen LogP contribution in [-0.2, 0) is 13.6 Å². The van der Waals surface area contributed by atoms with Crippen molar-refractivity contribution in [2.75, 3.05) is 20.1 Å². The Bertz CT molecular complexity index is 708. The third-order valence-corrected chi connectivity index (χ3v) is 5.86. The molecule has 0 N–H and O–H groups in total. The van der Waals surface area contributed by atoms with Gasteiger partial charge in [0.1, 0.15) is 11.6 Å². The largest absolute Gasteiger partial charge is 0.317 e. The van der Waals surface area contributed by atoms with Crippen molar-refractivity contribution in [2.45, 2.75) is 50.7 Å². The summed E-state index contributed by atoms with van der Waals surface area (Å²) in [5.41, 5.74) is 1.30. The molecule has 2 aliphatic rings. The predicted molar refractivity (Wildman–Crippen MR) is 97.1 cm³/mol. The first-order valence-corrected chi connectivity index (χ1v) is 9.36. The highest BCUT2D eigenvalue weighted by molar-refractivity contribution is 5.14. The predicted octanol–water partition coefficient (Wildman–Crippen LogP) is 2.35. The van der Waals surface area contributed by atoms with E-state index in [0.717, 1.165) is 25.5 Å². The second-order valence-corrected chi connectivity index (χ2v) is 7.62. The van der Waals surface area contributed by atoms with E-state index in [1.165, 1.54) is 30.7 Å². The van der Waals surface area contributed by atoms with Crippen molar-refractivity contribution in [1.29, 1.82) is 0 Å². The SMILES string of the molecule is C[C@H](c1cccnc1)N1CC[C@@H](N(C)Cc2nnc(C3CC3)n2C)C1. The van der Waals surface area contributed by atoms with E-state index < -0.39 is 0 Å². The number of hydrogen-bond donors (Lipinski definition) is 0. The summed E-state index contributed by atoms with van der Waals surface area (Å²) in [6, 6.07) is 5.19. The molecule has 0 aromatic carbocycles. The van der Waals surface area contributed by atoms with Gasteiger partial charge < -0.3 is 4.57 Å². The van der Waals surface area contributed by atoms with E-state index in [-0.39, 0.29) is 0 Å². The summed E-state index contributed by atoms with van der Waals surface area (Å²) in [7, 11) is 4.33. The second kappa shape index (κ2) is 6.84. The molecule has 134 valence electrons. The van der Waals surface area contributed by atoms with Crippen LogP contribution in [0.4, 0.5) is 0 Å². The number of pyridine rings is 1. The van der Waals surface area contributed by atoms with Crippen LogP contribution in [0.15, 0.2) is 24.5 Å². The lowest BCUT2D eigenvalue weighted by Gasteiger charge is -2.27. The van der Waals surface area contributed by atoms with Gasteiger partial charge in [0, 0.05) is 50.5 Å². The molecule has 2 aromatic heterocycles. The Hall–Kier alpha value is -1.79. The lowest BCUT2D eigenvalue weighted by molar-refractivity contribution is 0.199. The van der Waals surface area contributed by atoms with Gasteiger partial charge in [-0.2, -0.15) is 0 Å². The Kier molecular flexibility index (Phi) is 4.56. The Morgan fingerprint density at radius 2 is 2.12 bits per heavy atom. The maximum atomic E-state index is 4.44. The molecule has 0 unspecified atom stereocenters. The third-order valence-electron chi connectivity index (χ3n) is 5.86. The van der Waals surface area contributed by atoms with Crippen LogP contribution < -0.4 is 0 Å². The van der Waals surface area contributed by atoms with Crippen molar-refractivity contribution in [3.63, 3.8) is 0 Å². The first-order chi connectivity index (χ1) is 12.1. The highest BCUT2D eigenvalue weighted by Crippen LogP contribution is 2.38. The van der Waals surface area contributed by atoms with Crippen molar-refractivity contribution >= 4 is 0 Å². The van der Waals surface area contributed by atoms with Crippen LogP contribution in [0.3, 0.4) is 0 Å². The molecule has 2 fully saturated rings. The fraction of sp³-hybridized carbons (Fsp3) is 0.632. The van der Waals surface area contributed by atoms with Crippen molar-refractivity contribution in [3.8, 4) is 0 Å². The molecule has 1 aliphatic heterocycles. The molecule has 3 heterocycles. The van der Waals surface area contributed by atoms with Gasteiger partial charge >= 0.3 is 0 Å². The van der Waals surface area contributed by atoms with Gasteiger partial charge in [0.2, 0.25) is 0 Å². The number of likely N-dealkylation sites (N-methyl/N-ethyl adjacent to an activating group) is 1. The molecule has 4 rings (SSSR count). The summed E-state index contributed by atoms with van der Waals surface area (Å²) < 4.78 is 2.21. The molecule has 0 amide bonds. The van der Waals surface area contributed by atoms with Crippen LogP contribution >= 0.6 is 0 Å². The van der Waals surface area contributed by atoms with Gasteiger partial charge in [0.25, 0.3) is 0 Å². The van der Waals surface area contributed by atoms with Gasteiger partial charge in [0.15, 0.2) is 0 Å². The Balaban J connectivity index is 1.36. The van der Waals surface area contributed by atoms with Crippen molar-refractivity contribution in [3.05, 3.63) is 41.7 Å². The van der Waals surface area contributed by atoms with Gasteiger partial charge in [0.05, 0.1) is 6.54 Å². The van der Waals surface area contributed by atoms with E-state index in [2.05, 4.69) is 56.6 Å². The lowest BCUT2D eigenvalue weighted by Crippen LogP contribution is -2.35. The second-order valence-electron chi connectivity index (χ2n) is 7.62. The standard InChI is InChI=1S/C19H28N6/c1-14(16-5-4-9-20-11-16)25-10-8-17(12-25)23(2)13-18-21-22-19(24(18)3)15-6-7-15/h4-5,9,11,14-15,17H,6-8,10,12-13H2,1-3H3/t14-,17-/m1/s1. The number of likely N-dealkylation sites (tertiary alicyclic amines) is 1. The molecule has 1 saturated heterocycles. The fourth-order valence-corrected chi connectivity index (χ4v) is 3.88. The topological polar surface area (TPSA) is 50.1 Å². The molecule has 2 atom stereocenters. The van der Waals surface area contributed by atoms with Crippen LogP contribution in [0.1, 0.15) is 55.4 Å². The Morgan fingerprint density at radius 1 is 1.28 bits per heavy atom. The van der Waals surface area contributed by atoms with E-state index in [4.69, 9.17) is 0 Å². The summed E-state index contributed by atoms with van der Waals surface area (Å²) in [5, 5.41) is 8.85.